The molecule has 2 aromatic carbocycles. The number of nitrogens with one attached hydrogen (secondary N) is 2. The number of benzene rings is 2. The number of amides is 2. The molecule has 3 atom stereocenters. The summed E-state index contributed by atoms with van der Waals surface area (Å²) in [4.78, 5) is 51.2. The molecule has 3 rings (SSSR count). The highest BCUT2D eigenvalue weighted by Crippen LogP contribution is 2.30. The first-order valence-corrected chi connectivity index (χ1v) is 11.4. The Labute approximate surface area is 203 Å². The molecule has 0 spiro atoms. The molecule has 1 aliphatic heterocycles. The van der Waals surface area contributed by atoms with Gasteiger partial charge in [-0.3, -0.25) is 19.2 Å². The lowest BCUT2D eigenvalue weighted by Crippen LogP contribution is -2.55. The quantitative estimate of drug-likeness (QED) is 0.259. The Bertz CT molecular complexity index is 1080. The summed E-state index contributed by atoms with van der Waals surface area (Å²) in [5, 5.41) is 24.3. The molecule has 186 valence electrons. The molecule has 0 radical (unpaired) electrons. The number of rotatable bonds is 12. The number of Topliss-reactive ketones (excluding diaryl/α,β-unsaturated/α-hetero) is 1. The molecule has 1 unspecified atom stereocenters. The summed E-state index contributed by atoms with van der Waals surface area (Å²) in [6.45, 7) is 2.63. The largest absolute Gasteiger partial charge is 0.394 e. The molecule has 0 bridgehead atoms. The standard InChI is InChI=1S/C26H30N2O7/c1-16(2)11-20(23(32)26(14-30)15-35-26)27-25(34)21(13-29)28-24(33)19-10-6-9-18(12-19)22(31)17-7-4-3-5-8-17/h3-10,12,16,20-21,29-30H,11,13-15H2,1-2H3,(H,27,34)(H,28,33)/t20-,21-,26?/m0/s1. The first-order valence-electron chi connectivity index (χ1n) is 11.4. The van der Waals surface area contributed by atoms with E-state index in [9.17, 15) is 29.4 Å². The SMILES string of the molecule is CC(C)C[C@H](NC(=O)[C@H](CO)NC(=O)c1cccc(C(=O)c2ccccc2)c1)C(=O)C1(CO)CO1. The van der Waals surface area contributed by atoms with Crippen LogP contribution in [-0.2, 0) is 14.3 Å². The lowest BCUT2D eigenvalue weighted by atomic mass is 9.92. The Morgan fingerprint density at radius 3 is 2.11 bits per heavy atom. The van der Waals surface area contributed by atoms with Gasteiger partial charge in [0.05, 0.1) is 25.9 Å². The number of hydrogen-bond donors (Lipinski definition) is 4. The predicted octanol–water partition coefficient (Wildman–Crippen LogP) is 0.870. The van der Waals surface area contributed by atoms with Gasteiger partial charge in [-0.05, 0) is 24.5 Å². The highest BCUT2D eigenvalue weighted by atomic mass is 16.6. The van der Waals surface area contributed by atoms with Crippen molar-refractivity contribution >= 4 is 23.4 Å². The Hall–Kier alpha value is -3.40. The average Bonchev–Trinajstić information content (AvgIpc) is 3.67. The maximum atomic E-state index is 12.8. The lowest BCUT2D eigenvalue weighted by molar-refractivity contribution is -0.133. The first kappa shape index (κ1) is 26.2. The Kier molecular flexibility index (Phi) is 8.50. The van der Waals surface area contributed by atoms with Crippen LogP contribution in [0.15, 0.2) is 54.6 Å². The third-order valence-electron chi connectivity index (χ3n) is 5.76. The summed E-state index contributed by atoms with van der Waals surface area (Å²) in [6.07, 6.45) is 0.297. The van der Waals surface area contributed by atoms with E-state index in [1.165, 1.54) is 12.1 Å². The fourth-order valence-corrected chi connectivity index (χ4v) is 3.68. The second-order valence-corrected chi connectivity index (χ2v) is 8.98. The number of carbonyl (C=O) groups is 4. The van der Waals surface area contributed by atoms with Gasteiger partial charge in [-0.15, -0.1) is 0 Å². The maximum Gasteiger partial charge on any atom is 0.252 e. The van der Waals surface area contributed by atoms with Crippen LogP contribution in [0.25, 0.3) is 0 Å². The summed E-state index contributed by atoms with van der Waals surface area (Å²) < 4.78 is 5.13. The Morgan fingerprint density at radius 2 is 1.54 bits per heavy atom. The number of aliphatic hydroxyl groups excluding tert-OH is 2. The van der Waals surface area contributed by atoms with Crippen LogP contribution in [0.2, 0.25) is 0 Å². The number of aliphatic hydroxyl groups is 2. The molecule has 1 aliphatic rings. The number of ketones is 2. The summed E-state index contributed by atoms with van der Waals surface area (Å²) >= 11 is 0. The first-order chi connectivity index (χ1) is 16.7. The van der Waals surface area contributed by atoms with Gasteiger partial charge in [0.25, 0.3) is 5.91 Å². The number of ether oxygens (including phenoxy) is 1. The normalized spacial score (nSPS) is 18.4. The summed E-state index contributed by atoms with van der Waals surface area (Å²) in [5.74, 6) is -2.06. The van der Waals surface area contributed by atoms with Gasteiger partial charge in [-0.2, -0.15) is 0 Å². The summed E-state index contributed by atoms with van der Waals surface area (Å²) in [5.41, 5.74) is -0.399. The van der Waals surface area contributed by atoms with Gasteiger partial charge in [-0.1, -0.05) is 56.3 Å². The molecule has 1 fully saturated rings. The molecule has 0 aliphatic carbocycles. The van der Waals surface area contributed by atoms with Crippen LogP contribution in [-0.4, -0.2) is 71.1 Å². The van der Waals surface area contributed by atoms with Crippen molar-refractivity contribution < 1.29 is 34.1 Å². The predicted molar refractivity (Wildman–Crippen MR) is 127 cm³/mol. The van der Waals surface area contributed by atoms with Gasteiger partial charge in [0.2, 0.25) is 5.91 Å². The zero-order valence-corrected chi connectivity index (χ0v) is 19.7. The second-order valence-electron chi connectivity index (χ2n) is 8.98. The smallest absolute Gasteiger partial charge is 0.252 e. The Balaban J connectivity index is 1.70. The topological polar surface area (TPSA) is 145 Å². The van der Waals surface area contributed by atoms with E-state index in [4.69, 9.17) is 4.74 Å². The van der Waals surface area contributed by atoms with Crippen molar-refractivity contribution in [3.63, 3.8) is 0 Å². The molecular formula is C26H30N2O7. The van der Waals surface area contributed by atoms with Crippen molar-refractivity contribution in [1.29, 1.82) is 0 Å². The van der Waals surface area contributed by atoms with Crippen molar-refractivity contribution in [1.82, 2.24) is 10.6 Å². The van der Waals surface area contributed by atoms with Gasteiger partial charge in [0, 0.05) is 16.7 Å². The minimum absolute atomic E-state index is 0.0470. The molecule has 1 saturated heterocycles. The van der Waals surface area contributed by atoms with E-state index >= 15 is 0 Å². The van der Waals surface area contributed by atoms with E-state index in [0.717, 1.165) is 0 Å². The van der Waals surface area contributed by atoms with Crippen molar-refractivity contribution in [3.8, 4) is 0 Å². The van der Waals surface area contributed by atoms with Gasteiger partial charge in [-0.25, -0.2) is 0 Å². The van der Waals surface area contributed by atoms with E-state index in [0.29, 0.717) is 17.5 Å². The lowest BCUT2D eigenvalue weighted by Gasteiger charge is -2.24. The second kappa shape index (κ2) is 11.4. The van der Waals surface area contributed by atoms with Crippen molar-refractivity contribution in [2.24, 2.45) is 5.92 Å². The molecule has 0 aromatic heterocycles. The minimum atomic E-state index is -1.33. The highest BCUT2D eigenvalue weighted by molar-refractivity contribution is 6.10. The third-order valence-corrected chi connectivity index (χ3v) is 5.76. The van der Waals surface area contributed by atoms with E-state index in [2.05, 4.69) is 10.6 Å². The molecular weight excluding hydrogens is 452 g/mol. The van der Waals surface area contributed by atoms with E-state index < -0.39 is 48.5 Å². The van der Waals surface area contributed by atoms with Gasteiger partial charge >= 0.3 is 0 Å². The molecule has 2 aromatic rings. The van der Waals surface area contributed by atoms with E-state index in [1.807, 2.05) is 13.8 Å². The third kappa shape index (κ3) is 6.39. The van der Waals surface area contributed by atoms with Crippen molar-refractivity contribution in [2.45, 2.75) is 38.0 Å². The van der Waals surface area contributed by atoms with Crippen LogP contribution >= 0.6 is 0 Å². The zero-order valence-electron chi connectivity index (χ0n) is 19.7. The molecule has 1 heterocycles. The monoisotopic (exact) mass is 482 g/mol. The molecule has 4 N–H and O–H groups in total. The molecule has 35 heavy (non-hydrogen) atoms. The fourth-order valence-electron chi connectivity index (χ4n) is 3.68. The molecule has 9 heteroatoms. The minimum Gasteiger partial charge on any atom is -0.394 e. The van der Waals surface area contributed by atoms with Crippen LogP contribution in [0.1, 0.15) is 46.5 Å². The summed E-state index contributed by atoms with van der Waals surface area (Å²) in [6, 6.07) is 12.4. The molecule has 9 nitrogen and oxygen atoms in total. The van der Waals surface area contributed by atoms with E-state index in [1.54, 1.807) is 42.5 Å². The number of epoxide rings is 1. The molecule has 0 saturated carbocycles. The van der Waals surface area contributed by atoms with Gasteiger partial charge in [0.1, 0.15) is 6.04 Å². The van der Waals surface area contributed by atoms with Crippen LogP contribution < -0.4 is 10.6 Å². The molecule has 2 amide bonds. The van der Waals surface area contributed by atoms with Crippen LogP contribution in [0, 0.1) is 5.92 Å². The van der Waals surface area contributed by atoms with Crippen LogP contribution in [0.4, 0.5) is 0 Å². The van der Waals surface area contributed by atoms with Gasteiger partial charge in [0.15, 0.2) is 17.2 Å². The number of hydrogen-bond acceptors (Lipinski definition) is 7. The number of carbonyl (C=O) groups excluding carboxylic acids is 4. The van der Waals surface area contributed by atoms with E-state index in [-0.39, 0.29) is 23.9 Å². The Morgan fingerprint density at radius 1 is 0.914 bits per heavy atom. The highest BCUT2D eigenvalue weighted by Gasteiger charge is 2.54. The maximum absolute atomic E-state index is 12.8. The van der Waals surface area contributed by atoms with Crippen LogP contribution in [0.5, 0.6) is 0 Å². The average molecular weight is 483 g/mol. The van der Waals surface area contributed by atoms with Crippen molar-refractivity contribution in [2.75, 3.05) is 19.8 Å². The van der Waals surface area contributed by atoms with Crippen LogP contribution in [0.3, 0.4) is 0 Å². The summed E-state index contributed by atoms with van der Waals surface area (Å²) in [7, 11) is 0. The zero-order chi connectivity index (χ0) is 25.6. The van der Waals surface area contributed by atoms with Crippen molar-refractivity contribution in [3.05, 3.63) is 71.3 Å². The van der Waals surface area contributed by atoms with Gasteiger partial charge < -0.3 is 25.6 Å². The fraction of sp³-hybridized carbons (Fsp3) is 0.385.